The van der Waals surface area contributed by atoms with E-state index in [0.717, 1.165) is 0 Å². The van der Waals surface area contributed by atoms with Crippen molar-refractivity contribution in [3.05, 3.63) is 30.3 Å². The van der Waals surface area contributed by atoms with Crippen molar-refractivity contribution in [2.24, 2.45) is 0 Å². The van der Waals surface area contributed by atoms with Crippen LogP contribution in [0.4, 0.5) is 10.5 Å². The largest absolute Gasteiger partial charge is 0.493 e. The molecule has 30 heavy (non-hydrogen) atoms. The fourth-order valence-electron chi connectivity index (χ4n) is 2.65. The number of methoxy groups -OCH3 is 3. The predicted molar refractivity (Wildman–Crippen MR) is 109 cm³/mol. The first kappa shape index (κ1) is 20.8. The number of benzene rings is 2. The van der Waals surface area contributed by atoms with E-state index in [1.54, 1.807) is 30.3 Å². The van der Waals surface area contributed by atoms with Gasteiger partial charge in [0.15, 0.2) is 23.0 Å². The Morgan fingerprint density at radius 1 is 1.00 bits per heavy atom. The van der Waals surface area contributed by atoms with E-state index in [4.69, 9.17) is 28.4 Å². The lowest BCUT2D eigenvalue weighted by Gasteiger charge is -2.14. The molecule has 0 radical (unpaired) electrons. The van der Waals surface area contributed by atoms with E-state index in [9.17, 15) is 4.79 Å². The van der Waals surface area contributed by atoms with Crippen LogP contribution in [0.1, 0.15) is 0 Å². The van der Waals surface area contributed by atoms with Gasteiger partial charge >= 0.3 is 6.03 Å². The van der Waals surface area contributed by atoms with Gasteiger partial charge in [0.25, 0.3) is 0 Å². The maximum Gasteiger partial charge on any atom is 0.319 e. The van der Waals surface area contributed by atoms with Gasteiger partial charge in [-0.2, -0.15) is 0 Å². The third kappa shape index (κ3) is 5.11. The predicted octanol–water partition coefficient (Wildman–Crippen LogP) is 2.65. The van der Waals surface area contributed by atoms with Crippen LogP contribution >= 0.6 is 0 Å². The summed E-state index contributed by atoms with van der Waals surface area (Å²) >= 11 is 0. The summed E-state index contributed by atoms with van der Waals surface area (Å²) in [6.45, 7) is 0.541. The van der Waals surface area contributed by atoms with E-state index in [1.807, 2.05) is 0 Å². The lowest BCUT2D eigenvalue weighted by atomic mass is 10.2. The van der Waals surface area contributed by atoms with Crippen LogP contribution in [-0.4, -0.2) is 47.3 Å². The third-order valence-electron chi connectivity index (χ3n) is 4.04. The molecule has 158 valence electrons. The topological polar surface area (TPSA) is 96.5 Å². The highest BCUT2D eigenvalue weighted by Crippen LogP contribution is 2.40. The number of amides is 2. The summed E-state index contributed by atoms with van der Waals surface area (Å²) in [5.41, 5.74) is 0.487. The average Bonchev–Trinajstić information content (AvgIpc) is 3.23. The molecule has 0 unspecified atom stereocenters. The Hall–Kier alpha value is -3.93. The van der Waals surface area contributed by atoms with Gasteiger partial charge in [0.1, 0.15) is 12.4 Å². The normalized spacial score (nSPS) is 11.0. The molecule has 2 N–H and O–H groups in total. The van der Waals surface area contributed by atoms with E-state index < -0.39 is 6.03 Å². The second kappa shape index (κ2) is 10.0. The molecule has 3 rings (SSSR count). The number of anilines is 1. The summed E-state index contributed by atoms with van der Waals surface area (Å²) in [4.78, 5) is 12.1. The number of urea groups is 1. The molecule has 0 bridgehead atoms. The Labute approximate surface area is 174 Å². The third-order valence-corrected chi connectivity index (χ3v) is 4.04. The van der Waals surface area contributed by atoms with E-state index in [-0.39, 0.29) is 19.9 Å². The van der Waals surface area contributed by atoms with Gasteiger partial charge in [0.05, 0.1) is 33.6 Å². The fraction of sp³-hybridized carbons (Fsp3) is 0.286. The number of ether oxygens (including phenoxy) is 6. The maximum absolute atomic E-state index is 12.1. The van der Waals surface area contributed by atoms with Crippen LogP contribution in [0.25, 0.3) is 0 Å². The van der Waals surface area contributed by atoms with Crippen LogP contribution in [0, 0.1) is 11.8 Å². The number of hydrogen-bond donors (Lipinski definition) is 2. The number of fused-ring (bicyclic) bond motifs is 1. The van der Waals surface area contributed by atoms with E-state index in [0.29, 0.717) is 40.2 Å². The van der Waals surface area contributed by atoms with Gasteiger partial charge in [0.2, 0.25) is 12.5 Å². The number of rotatable bonds is 7. The van der Waals surface area contributed by atoms with Crippen molar-refractivity contribution >= 4 is 11.7 Å². The van der Waals surface area contributed by atoms with Crippen LogP contribution < -0.4 is 39.1 Å². The molecule has 1 aliphatic rings. The van der Waals surface area contributed by atoms with Gasteiger partial charge in [0, 0.05) is 18.2 Å². The molecule has 9 nitrogen and oxygen atoms in total. The molecule has 0 aromatic heterocycles. The molecule has 0 saturated carbocycles. The summed E-state index contributed by atoms with van der Waals surface area (Å²) in [5.74, 6) is 8.92. The number of nitrogens with one attached hydrogen (secondary N) is 2. The van der Waals surface area contributed by atoms with Crippen LogP contribution in [0.15, 0.2) is 30.3 Å². The Balaban J connectivity index is 1.45. The minimum Gasteiger partial charge on any atom is -0.493 e. The van der Waals surface area contributed by atoms with Crippen LogP contribution in [-0.2, 0) is 0 Å². The second-order valence-corrected chi connectivity index (χ2v) is 5.88. The molecule has 2 aromatic rings. The fourth-order valence-corrected chi connectivity index (χ4v) is 2.65. The smallest absolute Gasteiger partial charge is 0.319 e. The van der Waals surface area contributed by atoms with E-state index in [2.05, 4.69) is 22.5 Å². The van der Waals surface area contributed by atoms with Crippen LogP contribution in [0.2, 0.25) is 0 Å². The van der Waals surface area contributed by atoms with Crippen molar-refractivity contribution in [1.82, 2.24) is 5.32 Å². The quantitative estimate of drug-likeness (QED) is 0.673. The molecule has 0 atom stereocenters. The molecule has 9 heteroatoms. The zero-order valence-electron chi connectivity index (χ0n) is 16.9. The summed E-state index contributed by atoms with van der Waals surface area (Å²) < 4.78 is 31.8. The van der Waals surface area contributed by atoms with Gasteiger partial charge in [-0.3, -0.25) is 0 Å². The Morgan fingerprint density at radius 2 is 1.73 bits per heavy atom. The standard InChI is InChI=1S/C21H22N2O7/c1-25-18-10-14(11-19(26-2)20(18)27-3)23-21(24)22-8-4-5-9-28-15-6-7-16-17(12-15)30-13-29-16/h6-7,10-12H,8-9,13H2,1-3H3,(H2,22,23,24). The summed E-state index contributed by atoms with van der Waals surface area (Å²) in [5, 5.41) is 5.33. The molecule has 0 aliphatic carbocycles. The van der Waals surface area contributed by atoms with Crippen LogP contribution in [0.5, 0.6) is 34.5 Å². The summed E-state index contributed by atoms with van der Waals surface area (Å²) in [7, 11) is 4.51. The SMILES string of the molecule is COc1cc(NC(=O)NCC#CCOc2ccc3c(c2)OCO3)cc(OC)c1OC. The second-order valence-electron chi connectivity index (χ2n) is 5.88. The van der Waals surface area contributed by atoms with E-state index >= 15 is 0 Å². The van der Waals surface area contributed by atoms with Gasteiger partial charge in [-0.25, -0.2) is 4.79 Å². The number of carbonyl (C=O) groups is 1. The molecule has 0 saturated heterocycles. The molecular weight excluding hydrogens is 392 g/mol. The first-order valence-electron chi connectivity index (χ1n) is 8.97. The molecular formula is C21H22N2O7. The molecule has 1 aliphatic heterocycles. The van der Waals surface area contributed by atoms with Crippen molar-refractivity contribution in [2.75, 3.05) is 46.6 Å². The van der Waals surface area contributed by atoms with Gasteiger partial charge < -0.3 is 39.1 Å². The Kier molecular flexibility index (Phi) is 6.95. The minimum atomic E-state index is -0.421. The lowest BCUT2D eigenvalue weighted by Crippen LogP contribution is -2.29. The van der Waals surface area contributed by atoms with Crippen molar-refractivity contribution in [3.8, 4) is 46.3 Å². The number of hydrogen-bond acceptors (Lipinski definition) is 7. The summed E-state index contributed by atoms with van der Waals surface area (Å²) in [6, 6.07) is 8.14. The first-order chi connectivity index (χ1) is 14.6. The molecule has 2 aromatic carbocycles. The van der Waals surface area contributed by atoms with Gasteiger partial charge in [-0.05, 0) is 12.1 Å². The van der Waals surface area contributed by atoms with Crippen molar-refractivity contribution in [3.63, 3.8) is 0 Å². The highest BCUT2D eigenvalue weighted by atomic mass is 16.7. The van der Waals surface area contributed by atoms with Crippen molar-refractivity contribution < 1.29 is 33.2 Å². The maximum atomic E-state index is 12.1. The van der Waals surface area contributed by atoms with Crippen molar-refractivity contribution in [2.45, 2.75) is 0 Å². The monoisotopic (exact) mass is 414 g/mol. The zero-order chi connectivity index (χ0) is 21.3. The molecule has 0 fully saturated rings. The summed E-state index contributed by atoms with van der Waals surface area (Å²) in [6.07, 6.45) is 0. The average molecular weight is 414 g/mol. The first-order valence-corrected chi connectivity index (χ1v) is 8.97. The Morgan fingerprint density at radius 3 is 2.43 bits per heavy atom. The van der Waals surface area contributed by atoms with Crippen molar-refractivity contribution in [1.29, 1.82) is 0 Å². The highest BCUT2D eigenvalue weighted by Gasteiger charge is 2.15. The molecule has 1 heterocycles. The Bertz CT molecular complexity index is 941. The van der Waals surface area contributed by atoms with Crippen LogP contribution in [0.3, 0.4) is 0 Å². The van der Waals surface area contributed by atoms with E-state index in [1.165, 1.54) is 21.3 Å². The minimum absolute atomic E-state index is 0.154. The zero-order valence-corrected chi connectivity index (χ0v) is 16.9. The molecule has 2 amide bonds. The van der Waals surface area contributed by atoms with Gasteiger partial charge in [-0.15, -0.1) is 0 Å². The van der Waals surface area contributed by atoms with Gasteiger partial charge in [-0.1, -0.05) is 11.8 Å². The highest BCUT2D eigenvalue weighted by molar-refractivity contribution is 5.90. The number of carbonyl (C=O) groups excluding carboxylic acids is 1. The molecule has 0 spiro atoms. The lowest BCUT2D eigenvalue weighted by molar-refractivity contribution is 0.174.